The Balaban J connectivity index is 1.62. The van der Waals surface area contributed by atoms with E-state index in [0.29, 0.717) is 24.9 Å². The van der Waals surface area contributed by atoms with E-state index < -0.39 is 6.04 Å². The standard InChI is InChI=1S/C17H17FN2O2S/c18-13-4-1-3-12(9-13)10-19-17(22)15-6-7-16(21)20(15)11-14-5-2-8-23-14/h1-5,8-9,15H,6-7,10-11H2,(H,19,22)/t15-/m0/s1. The van der Waals surface area contributed by atoms with Crippen molar-refractivity contribution >= 4 is 23.2 Å². The molecule has 3 rings (SSSR count). The Morgan fingerprint density at radius 3 is 2.96 bits per heavy atom. The SMILES string of the molecule is O=C(NCc1cccc(F)c1)[C@@H]1CCC(=O)N1Cc1cccs1. The first kappa shape index (κ1) is 15.7. The topological polar surface area (TPSA) is 49.4 Å². The zero-order chi connectivity index (χ0) is 16.2. The lowest BCUT2D eigenvalue weighted by molar-refractivity contribution is -0.135. The number of halogens is 1. The Hall–Kier alpha value is -2.21. The van der Waals surface area contributed by atoms with Crippen molar-refractivity contribution in [2.45, 2.75) is 32.0 Å². The molecule has 120 valence electrons. The molecule has 2 amide bonds. The average Bonchev–Trinajstić information content (AvgIpc) is 3.16. The van der Waals surface area contributed by atoms with Crippen LogP contribution >= 0.6 is 11.3 Å². The Kier molecular flexibility index (Phi) is 4.71. The fourth-order valence-corrected chi connectivity index (χ4v) is 3.43. The molecule has 1 aromatic heterocycles. The summed E-state index contributed by atoms with van der Waals surface area (Å²) in [5.41, 5.74) is 0.701. The van der Waals surface area contributed by atoms with Crippen molar-refractivity contribution in [1.29, 1.82) is 0 Å². The lowest BCUT2D eigenvalue weighted by Crippen LogP contribution is -2.44. The van der Waals surface area contributed by atoms with Gasteiger partial charge in [-0.2, -0.15) is 0 Å². The fraction of sp³-hybridized carbons (Fsp3) is 0.294. The van der Waals surface area contributed by atoms with Crippen LogP contribution in [0.2, 0.25) is 0 Å². The summed E-state index contributed by atoms with van der Waals surface area (Å²) in [5, 5.41) is 4.76. The van der Waals surface area contributed by atoms with Crippen LogP contribution < -0.4 is 5.32 Å². The molecule has 4 nitrogen and oxygen atoms in total. The third-order valence-corrected chi connectivity index (χ3v) is 4.75. The summed E-state index contributed by atoms with van der Waals surface area (Å²) in [5.74, 6) is -0.506. The molecule has 23 heavy (non-hydrogen) atoms. The first-order valence-electron chi connectivity index (χ1n) is 7.47. The van der Waals surface area contributed by atoms with Gasteiger partial charge in [0.05, 0.1) is 6.54 Å². The van der Waals surface area contributed by atoms with Crippen LogP contribution in [-0.4, -0.2) is 22.8 Å². The summed E-state index contributed by atoms with van der Waals surface area (Å²) in [4.78, 5) is 27.1. The van der Waals surface area contributed by atoms with E-state index in [9.17, 15) is 14.0 Å². The first-order valence-corrected chi connectivity index (χ1v) is 8.35. The van der Waals surface area contributed by atoms with Crippen molar-refractivity contribution in [3.8, 4) is 0 Å². The van der Waals surface area contributed by atoms with Gasteiger partial charge in [-0.15, -0.1) is 11.3 Å². The Morgan fingerprint density at radius 1 is 1.35 bits per heavy atom. The summed E-state index contributed by atoms with van der Waals surface area (Å²) in [6.45, 7) is 0.725. The van der Waals surface area contributed by atoms with Crippen LogP contribution in [0.3, 0.4) is 0 Å². The van der Waals surface area contributed by atoms with E-state index in [1.807, 2.05) is 17.5 Å². The van der Waals surface area contributed by atoms with Gasteiger partial charge in [0, 0.05) is 17.8 Å². The highest BCUT2D eigenvalue weighted by Gasteiger charge is 2.35. The smallest absolute Gasteiger partial charge is 0.243 e. The van der Waals surface area contributed by atoms with E-state index in [-0.39, 0.29) is 24.2 Å². The van der Waals surface area contributed by atoms with Gasteiger partial charge in [-0.3, -0.25) is 9.59 Å². The zero-order valence-corrected chi connectivity index (χ0v) is 13.3. The third kappa shape index (κ3) is 3.76. The second-order valence-corrected chi connectivity index (χ2v) is 6.54. The Morgan fingerprint density at radius 2 is 2.22 bits per heavy atom. The minimum Gasteiger partial charge on any atom is -0.350 e. The maximum atomic E-state index is 13.2. The maximum absolute atomic E-state index is 13.2. The predicted octanol–water partition coefficient (Wildman–Crippen LogP) is 2.69. The van der Waals surface area contributed by atoms with Crippen molar-refractivity contribution in [2.75, 3.05) is 0 Å². The molecule has 1 aliphatic heterocycles. The molecule has 0 aliphatic carbocycles. The summed E-state index contributed by atoms with van der Waals surface area (Å²) in [7, 11) is 0. The maximum Gasteiger partial charge on any atom is 0.243 e. The van der Waals surface area contributed by atoms with Gasteiger partial charge in [-0.1, -0.05) is 18.2 Å². The lowest BCUT2D eigenvalue weighted by Gasteiger charge is -2.23. The average molecular weight is 332 g/mol. The summed E-state index contributed by atoms with van der Waals surface area (Å²) in [6.07, 6.45) is 0.919. The third-order valence-electron chi connectivity index (χ3n) is 3.89. The fourth-order valence-electron chi connectivity index (χ4n) is 2.73. The molecule has 2 aromatic rings. The quantitative estimate of drug-likeness (QED) is 0.915. The van der Waals surface area contributed by atoms with Gasteiger partial charge in [-0.25, -0.2) is 4.39 Å². The van der Waals surface area contributed by atoms with Gasteiger partial charge in [-0.05, 0) is 35.6 Å². The van der Waals surface area contributed by atoms with Crippen LogP contribution in [0.5, 0.6) is 0 Å². The monoisotopic (exact) mass is 332 g/mol. The molecule has 0 saturated carbocycles. The van der Waals surface area contributed by atoms with Gasteiger partial charge in [0.1, 0.15) is 11.9 Å². The number of likely N-dealkylation sites (tertiary alicyclic amines) is 1. The van der Waals surface area contributed by atoms with Crippen LogP contribution in [0.25, 0.3) is 0 Å². The van der Waals surface area contributed by atoms with Crippen LogP contribution in [0, 0.1) is 5.82 Å². The minimum atomic E-state index is -0.446. The number of hydrogen-bond acceptors (Lipinski definition) is 3. The van der Waals surface area contributed by atoms with Crippen molar-refractivity contribution < 1.29 is 14.0 Å². The molecular formula is C17H17FN2O2S. The van der Waals surface area contributed by atoms with Gasteiger partial charge >= 0.3 is 0 Å². The molecule has 0 bridgehead atoms. The molecular weight excluding hydrogens is 315 g/mol. The second-order valence-electron chi connectivity index (χ2n) is 5.50. The number of carbonyl (C=O) groups is 2. The van der Waals surface area contributed by atoms with E-state index in [1.165, 1.54) is 12.1 Å². The van der Waals surface area contributed by atoms with Gasteiger partial charge in [0.25, 0.3) is 0 Å². The van der Waals surface area contributed by atoms with Crippen molar-refractivity contribution in [1.82, 2.24) is 10.2 Å². The molecule has 1 fully saturated rings. The van der Waals surface area contributed by atoms with Gasteiger partial charge in [0.2, 0.25) is 11.8 Å². The van der Waals surface area contributed by atoms with E-state index in [2.05, 4.69) is 5.32 Å². The largest absolute Gasteiger partial charge is 0.350 e. The molecule has 1 aromatic carbocycles. The molecule has 2 heterocycles. The summed E-state index contributed by atoms with van der Waals surface area (Å²) >= 11 is 1.57. The highest BCUT2D eigenvalue weighted by atomic mass is 32.1. The number of amides is 2. The number of rotatable bonds is 5. The summed E-state index contributed by atoms with van der Waals surface area (Å²) in [6, 6.07) is 9.56. The van der Waals surface area contributed by atoms with Crippen molar-refractivity contribution in [3.05, 3.63) is 58.0 Å². The first-order chi connectivity index (χ1) is 11.1. The number of carbonyl (C=O) groups excluding carboxylic acids is 2. The van der Waals surface area contributed by atoms with E-state index in [4.69, 9.17) is 0 Å². The molecule has 0 spiro atoms. The van der Waals surface area contributed by atoms with Crippen LogP contribution in [0.4, 0.5) is 4.39 Å². The number of hydrogen-bond donors (Lipinski definition) is 1. The van der Waals surface area contributed by atoms with Crippen LogP contribution in [-0.2, 0) is 22.7 Å². The van der Waals surface area contributed by atoms with Crippen molar-refractivity contribution in [3.63, 3.8) is 0 Å². The zero-order valence-electron chi connectivity index (χ0n) is 12.5. The van der Waals surface area contributed by atoms with Crippen molar-refractivity contribution in [2.24, 2.45) is 0 Å². The number of nitrogens with zero attached hydrogens (tertiary/aromatic N) is 1. The molecule has 0 radical (unpaired) electrons. The highest BCUT2D eigenvalue weighted by Crippen LogP contribution is 2.23. The molecule has 6 heteroatoms. The Bertz CT molecular complexity index is 702. The number of thiophene rings is 1. The molecule has 0 unspecified atom stereocenters. The lowest BCUT2D eigenvalue weighted by atomic mass is 10.2. The van der Waals surface area contributed by atoms with E-state index in [0.717, 1.165) is 4.88 Å². The molecule has 1 atom stereocenters. The second kappa shape index (κ2) is 6.91. The molecule has 1 saturated heterocycles. The van der Waals surface area contributed by atoms with E-state index >= 15 is 0 Å². The van der Waals surface area contributed by atoms with Gasteiger partial charge < -0.3 is 10.2 Å². The number of benzene rings is 1. The summed E-state index contributed by atoms with van der Waals surface area (Å²) < 4.78 is 13.2. The van der Waals surface area contributed by atoms with Gasteiger partial charge in [0.15, 0.2) is 0 Å². The molecule has 1 aliphatic rings. The van der Waals surface area contributed by atoms with Crippen LogP contribution in [0.15, 0.2) is 41.8 Å². The normalized spacial score (nSPS) is 17.5. The number of nitrogens with one attached hydrogen (secondary N) is 1. The highest BCUT2D eigenvalue weighted by molar-refractivity contribution is 7.09. The Labute approximate surface area is 137 Å². The molecule has 1 N–H and O–H groups in total. The predicted molar refractivity (Wildman–Crippen MR) is 86.1 cm³/mol. The van der Waals surface area contributed by atoms with Crippen LogP contribution in [0.1, 0.15) is 23.3 Å². The minimum absolute atomic E-state index is 0.00399. The van der Waals surface area contributed by atoms with E-state index in [1.54, 1.807) is 28.4 Å².